The molecule has 0 spiro atoms. The molecule has 0 atom stereocenters. The Balaban J connectivity index is 1.88. The quantitative estimate of drug-likeness (QED) is 0.648. The van der Waals surface area contributed by atoms with Crippen molar-refractivity contribution < 1.29 is 14.3 Å². The van der Waals surface area contributed by atoms with E-state index in [-0.39, 0.29) is 17.9 Å². The smallest absolute Gasteiger partial charge is 0.262 e. The van der Waals surface area contributed by atoms with Crippen LogP contribution in [0.5, 0.6) is 11.5 Å². The predicted octanol–water partition coefficient (Wildman–Crippen LogP) is 4.96. The van der Waals surface area contributed by atoms with Gasteiger partial charge in [0.25, 0.3) is 5.91 Å². The van der Waals surface area contributed by atoms with Crippen molar-refractivity contribution in [3.63, 3.8) is 0 Å². The van der Waals surface area contributed by atoms with Gasteiger partial charge in [-0.3, -0.25) is 4.79 Å². The maximum atomic E-state index is 12.1. The number of benzene rings is 2. The van der Waals surface area contributed by atoms with Crippen molar-refractivity contribution in [2.75, 3.05) is 18.5 Å². The van der Waals surface area contributed by atoms with Crippen LogP contribution in [0.4, 0.5) is 5.69 Å². The lowest BCUT2D eigenvalue weighted by atomic mass is 9.82. The van der Waals surface area contributed by atoms with E-state index >= 15 is 0 Å². The Bertz CT molecular complexity index is 735. The Kier molecular flexibility index (Phi) is 6.84. The highest BCUT2D eigenvalue weighted by Crippen LogP contribution is 2.28. The van der Waals surface area contributed by atoms with Crippen molar-refractivity contribution in [2.24, 2.45) is 0 Å². The SMILES string of the molecule is C=CCOc1cccc(NC(=O)COc2ccc(C(C)(C)CC)cc2)c1. The van der Waals surface area contributed by atoms with Crippen LogP contribution in [0, 0.1) is 0 Å². The van der Waals surface area contributed by atoms with Crippen LogP contribution in [-0.4, -0.2) is 19.1 Å². The molecule has 0 fully saturated rings. The molecular formula is C22H27NO3. The van der Waals surface area contributed by atoms with Crippen LogP contribution in [0.2, 0.25) is 0 Å². The maximum Gasteiger partial charge on any atom is 0.262 e. The fourth-order valence-electron chi connectivity index (χ4n) is 2.37. The number of rotatable bonds is 9. The van der Waals surface area contributed by atoms with E-state index < -0.39 is 0 Å². The molecule has 2 aromatic rings. The van der Waals surface area contributed by atoms with Gasteiger partial charge >= 0.3 is 0 Å². The van der Waals surface area contributed by atoms with Gasteiger partial charge in [0, 0.05) is 11.8 Å². The highest BCUT2D eigenvalue weighted by atomic mass is 16.5. The average molecular weight is 353 g/mol. The van der Waals surface area contributed by atoms with Gasteiger partial charge in [0.1, 0.15) is 18.1 Å². The molecule has 0 aromatic heterocycles. The zero-order valence-corrected chi connectivity index (χ0v) is 15.7. The first-order valence-corrected chi connectivity index (χ1v) is 8.81. The minimum Gasteiger partial charge on any atom is -0.489 e. The first-order valence-electron chi connectivity index (χ1n) is 8.81. The molecule has 0 saturated carbocycles. The molecule has 0 bridgehead atoms. The van der Waals surface area contributed by atoms with Crippen LogP contribution < -0.4 is 14.8 Å². The number of hydrogen-bond donors (Lipinski definition) is 1. The number of anilines is 1. The monoisotopic (exact) mass is 353 g/mol. The lowest BCUT2D eigenvalue weighted by Gasteiger charge is -2.23. The minimum atomic E-state index is -0.219. The van der Waals surface area contributed by atoms with Crippen molar-refractivity contribution in [3.8, 4) is 11.5 Å². The average Bonchev–Trinajstić information content (AvgIpc) is 2.65. The fraction of sp³-hybridized carbons (Fsp3) is 0.318. The molecule has 26 heavy (non-hydrogen) atoms. The molecule has 2 rings (SSSR count). The Labute approximate surface area is 155 Å². The van der Waals surface area contributed by atoms with Crippen LogP contribution in [0.3, 0.4) is 0 Å². The molecule has 0 aliphatic rings. The topological polar surface area (TPSA) is 47.6 Å². The lowest BCUT2D eigenvalue weighted by Crippen LogP contribution is -2.20. The summed E-state index contributed by atoms with van der Waals surface area (Å²) in [5.41, 5.74) is 2.06. The third kappa shape index (κ3) is 5.66. The number of amides is 1. The number of nitrogens with one attached hydrogen (secondary N) is 1. The molecule has 0 aliphatic carbocycles. The molecule has 1 N–H and O–H groups in total. The molecule has 0 unspecified atom stereocenters. The normalized spacial score (nSPS) is 10.9. The summed E-state index contributed by atoms with van der Waals surface area (Å²) >= 11 is 0. The second-order valence-electron chi connectivity index (χ2n) is 6.73. The summed E-state index contributed by atoms with van der Waals surface area (Å²) in [5, 5.41) is 2.80. The molecule has 4 nitrogen and oxygen atoms in total. The Morgan fingerprint density at radius 3 is 2.50 bits per heavy atom. The molecule has 0 radical (unpaired) electrons. The number of carbonyl (C=O) groups is 1. The molecule has 1 amide bonds. The third-order valence-electron chi connectivity index (χ3n) is 4.38. The molecule has 0 heterocycles. The summed E-state index contributed by atoms with van der Waals surface area (Å²) in [6, 6.07) is 15.1. The van der Waals surface area contributed by atoms with Crippen LogP contribution in [0.1, 0.15) is 32.8 Å². The number of carbonyl (C=O) groups excluding carboxylic acids is 1. The Morgan fingerprint density at radius 2 is 1.85 bits per heavy atom. The number of hydrogen-bond acceptors (Lipinski definition) is 3. The summed E-state index contributed by atoms with van der Waals surface area (Å²) in [4.78, 5) is 12.1. The third-order valence-corrected chi connectivity index (χ3v) is 4.38. The van der Waals surface area contributed by atoms with Gasteiger partial charge in [-0.1, -0.05) is 51.6 Å². The summed E-state index contributed by atoms with van der Waals surface area (Å²) in [5.74, 6) is 1.14. The second kappa shape index (κ2) is 9.09. The van der Waals surface area contributed by atoms with E-state index in [1.165, 1.54) is 5.56 Å². The van der Waals surface area contributed by atoms with E-state index in [0.29, 0.717) is 23.8 Å². The summed E-state index contributed by atoms with van der Waals surface area (Å²) in [6.45, 7) is 10.6. The van der Waals surface area contributed by atoms with Gasteiger partial charge < -0.3 is 14.8 Å². The van der Waals surface area contributed by atoms with Gasteiger partial charge in [0.2, 0.25) is 0 Å². The summed E-state index contributed by atoms with van der Waals surface area (Å²) in [7, 11) is 0. The van der Waals surface area contributed by atoms with Gasteiger partial charge in [0.05, 0.1) is 0 Å². The fourth-order valence-corrected chi connectivity index (χ4v) is 2.37. The molecule has 0 aliphatic heterocycles. The van der Waals surface area contributed by atoms with Gasteiger partial charge in [-0.15, -0.1) is 0 Å². The highest BCUT2D eigenvalue weighted by Gasteiger charge is 2.17. The predicted molar refractivity (Wildman–Crippen MR) is 106 cm³/mol. The molecule has 0 saturated heterocycles. The Hall–Kier alpha value is -2.75. The van der Waals surface area contributed by atoms with Gasteiger partial charge in [0.15, 0.2) is 6.61 Å². The first kappa shape index (κ1) is 19.6. The maximum absolute atomic E-state index is 12.1. The minimum absolute atomic E-state index is 0.0474. The van der Waals surface area contributed by atoms with Crippen molar-refractivity contribution in [2.45, 2.75) is 32.6 Å². The van der Waals surface area contributed by atoms with E-state index in [4.69, 9.17) is 9.47 Å². The van der Waals surface area contributed by atoms with Crippen molar-refractivity contribution in [1.29, 1.82) is 0 Å². The number of ether oxygens (including phenoxy) is 2. The molecule has 138 valence electrons. The van der Waals surface area contributed by atoms with Crippen molar-refractivity contribution >= 4 is 11.6 Å². The van der Waals surface area contributed by atoms with Gasteiger partial charge in [-0.2, -0.15) is 0 Å². The molecule has 2 aromatic carbocycles. The summed E-state index contributed by atoms with van der Waals surface area (Å²) in [6.07, 6.45) is 2.73. The lowest BCUT2D eigenvalue weighted by molar-refractivity contribution is -0.118. The molecule has 4 heteroatoms. The van der Waals surface area contributed by atoms with Crippen LogP contribution in [0.15, 0.2) is 61.2 Å². The van der Waals surface area contributed by atoms with Crippen molar-refractivity contribution in [3.05, 3.63) is 66.7 Å². The molecular weight excluding hydrogens is 326 g/mol. The van der Waals surface area contributed by atoms with E-state index in [1.807, 2.05) is 24.3 Å². The van der Waals surface area contributed by atoms with Crippen LogP contribution in [0.25, 0.3) is 0 Å². The van der Waals surface area contributed by atoms with E-state index in [0.717, 1.165) is 6.42 Å². The Morgan fingerprint density at radius 1 is 1.12 bits per heavy atom. The zero-order valence-electron chi connectivity index (χ0n) is 15.7. The highest BCUT2D eigenvalue weighted by molar-refractivity contribution is 5.92. The van der Waals surface area contributed by atoms with Gasteiger partial charge in [-0.05, 0) is 41.7 Å². The van der Waals surface area contributed by atoms with E-state index in [9.17, 15) is 4.79 Å². The van der Waals surface area contributed by atoms with Crippen LogP contribution in [-0.2, 0) is 10.2 Å². The largest absolute Gasteiger partial charge is 0.489 e. The summed E-state index contributed by atoms with van der Waals surface area (Å²) < 4.78 is 11.0. The second-order valence-corrected chi connectivity index (χ2v) is 6.73. The van der Waals surface area contributed by atoms with Crippen molar-refractivity contribution in [1.82, 2.24) is 0 Å². The first-order chi connectivity index (χ1) is 12.4. The standard InChI is InChI=1S/C22H27NO3/c1-5-14-25-20-9-7-8-18(15-20)23-21(24)16-26-19-12-10-17(11-13-19)22(3,4)6-2/h5,7-13,15H,1,6,14,16H2,2-4H3,(H,23,24). The van der Waals surface area contributed by atoms with E-state index in [2.05, 4.69) is 44.8 Å². The van der Waals surface area contributed by atoms with Crippen LogP contribution >= 0.6 is 0 Å². The van der Waals surface area contributed by atoms with E-state index in [1.54, 1.807) is 18.2 Å². The zero-order chi connectivity index (χ0) is 19.0. The van der Waals surface area contributed by atoms with Gasteiger partial charge in [-0.25, -0.2) is 0 Å².